The molecular formula is C8H9ClO2S. The van der Waals surface area contributed by atoms with Crippen LogP contribution >= 0.6 is 23.4 Å². The number of carbonyl (C=O) groups is 1. The molecule has 0 aromatic carbocycles. The molecule has 0 aliphatic heterocycles. The number of rotatable bonds is 4. The molecule has 1 rings (SSSR count). The third-order valence-electron chi connectivity index (χ3n) is 1.30. The van der Waals surface area contributed by atoms with Gasteiger partial charge in [0.15, 0.2) is 5.76 Å². The van der Waals surface area contributed by atoms with E-state index >= 15 is 0 Å². The lowest BCUT2D eigenvalue weighted by Crippen LogP contribution is -1.82. The van der Waals surface area contributed by atoms with E-state index < -0.39 is 5.24 Å². The van der Waals surface area contributed by atoms with Gasteiger partial charge in [-0.15, -0.1) is 0 Å². The van der Waals surface area contributed by atoms with Gasteiger partial charge >= 0.3 is 0 Å². The molecule has 0 amide bonds. The molecule has 1 aromatic rings. The third-order valence-corrected chi connectivity index (χ3v) is 2.39. The van der Waals surface area contributed by atoms with Crippen molar-refractivity contribution in [3.8, 4) is 0 Å². The second kappa shape index (κ2) is 4.58. The average Bonchev–Trinajstić information content (AvgIpc) is 2.48. The van der Waals surface area contributed by atoms with Crippen LogP contribution in [0.15, 0.2) is 16.5 Å². The molecule has 2 nitrogen and oxygen atoms in total. The Morgan fingerprint density at radius 1 is 1.67 bits per heavy atom. The van der Waals surface area contributed by atoms with Gasteiger partial charge in [-0.2, -0.15) is 11.8 Å². The number of hydrogen-bond acceptors (Lipinski definition) is 3. The Balaban J connectivity index is 2.58. The first-order chi connectivity index (χ1) is 5.74. The summed E-state index contributed by atoms with van der Waals surface area (Å²) in [5.41, 5.74) is 0. The Kier molecular flexibility index (Phi) is 3.69. The van der Waals surface area contributed by atoms with Crippen molar-refractivity contribution in [2.45, 2.75) is 12.7 Å². The van der Waals surface area contributed by atoms with Crippen molar-refractivity contribution in [2.24, 2.45) is 0 Å². The van der Waals surface area contributed by atoms with Crippen LogP contribution in [0.25, 0.3) is 0 Å². The maximum atomic E-state index is 10.6. The normalized spacial score (nSPS) is 10.2. The summed E-state index contributed by atoms with van der Waals surface area (Å²) < 4.78 is 5.14. The lowest BCUT2D eigenvalue weighted by atomic mass is 10.4. The van der Waals surface area contributed by atoms with Gasteiger partial charge in [-0.05, 0) is 29.5 Å². The van der Waals surface area contributed by atoms with Gasteiger partial charge in [0.2, 0.25) is 0 Å². The summed E-state index contributed by atoms with van der Waals surface area (Å²) in [4.78, 5) is 10.6. The Hall–Kier alpha value is -0.410. The second-order valence-electron chi connectivity index (χ2n) is 2.18. The van der Waals surface area contributed by atoms with E-state index in [1.54, 1.807) is 23.9 Å². The van der Waals surface area contributed by atoms with Crippen molar-refractivity contribution in [1.82, 2.24) is 0 Å². The summed E-state index contributed by atoms with van der Waals surface area (Å²) in [6.07, 6.45) is 0. The zero-order chi connectivity index (χ0) is 8.97. The SMILES string of the molecule is CCSCc1ccc(C(=O)Cl)o1. The van der Waals surface area contributed by atoms with Crippen LogP contribution in [0.3, 0.4) is 0 Å². The van der Waals surface area contributed by atoms with Crippen molar-refractivity contribution < 1.29 is 9.21 Å². The van der Waals surface area contributed by atoms with Gasteiger partial charge in [-0.25, -0.2) is 0 Å². The van der Waals surface area contributed by atoms with E-state index in [4.69, 9.17) is 16.0 Å². The fraction of sp³-hybridized carbons (Fsp3) is 0.375. The third kappa shape index (κ3) is 2.57. The maximum absolute atomic E-state index is 10.6. The summed E-state index contributed by atoms with van der Waals surface area (Å²) in [7, 11) is 0. The molecule has 1 heterocycles. The lowest BCUT2D eigenvalue weighted by molar-refractivity contribution is 0.105. The number of furan rings is 1. The van der Waals surface area contributed by atoms with Crippen molar-refractivity contribution in [1.29, 1.82) is 0 Å². The van der Waals surface area contributed by atoms with Crippen LogP contribution in [0.2, 0.25) is 0 Å². The molecule has 1 aromatic heterocycles. The van der Waals surface area contributed by atoms with E-state index in [0.29, 0.717) is 0 Å². The highest BCUT2D eigenvalue weighted by Gasteiger charge is 2.07. The van der Waals surface area contributed by atoms with Gasteiger partial charge in [-0.1, -0.05) is 6.92 Å². The highest BCUT2D eigenvalue weighted by Crippen LogP contribution is 2.16. The van der Waals surface area contributed by atoms with Crippen LogP contribution in [-0.4, -0.2) is 11.0 Å². The molecule has 4 heteroatoms. The predicted molar refractivity (Wildman–Crippen MR) is 50.7 cm³/mol. The summed E-state index contributed by atoms with van der Waals surface area (Å²) in [6, 6.07) is 3.37. The fourth-order valence-corrected chi connectivity index (χ4v) is 1.43. The molecule has 0 saturated heterocycles. The number of halogens is 1. The van der Waals surface area contributed by atoms with Crippen LogP contribution in [0, 0.1) is 0 Å². The minimum Gasteiger partial charge on any atom is -0.456 e. The minimum atomic E-state index is -0.539. The summed E-state index contributed by atoms with van der Waals surface area (Å²) >= 11 is 6.95. The Morgan fingerprint density at radius 3 is 2.92 bits per heavy atom. The summed E-state index contributed by atoms with van der Waals surface area (Å²) in [5.74, 6) is 2.85. The predicted octanol–water partition coefficient (Wildman–Crippen LogP) is 2.91. The van der Waals surface area contributed by atoms with Crippen molar-refractivity contribution in [2.75, 3.05) is 5.75 Å². The smallest absolute Gasteiger partial charge is 0.287 e. The first-order valence-corrected chi connectivity index (χ1v) is 5.13. The van der Waals surface area contributed by atoms with E-state index in [1.165, 1.54) is 0 Å². The Bertz CT molecular complexity index is 270. The second-order valence-corrected chi connectivity index (χ2v) is 3.79. The largest absolute Gasteiger partial charge is 0.456 e. The zero-order valence-corrected chi connectivity index (χ0v) is 8.24. The summed E-state index contributed by atoms with van der Waals surface area (Å²) in [5, 5.41) is -0.539. The zero-order valence-electron chi connectivity index (χ0n) is 6.67. The van der Waals surface area contributed by atoms with Crippen LogP contribution in [-0.2, 0) is 5.75 Å². The molecule has 0 aliphatic carbocycles. The number of thioether (sulfide) groups is 1. The average molecular weight is 205 g/mol. The van der Waals surface area contributed by atoms with Crippen LogP contribution < -0.4 is 0 Å². The molecule has 0 radical (unpaired) electrons. The van der Waals surface area contributed by atoms with Crippen LogP contribution in [0.4, 0.5) is 0 Å². The molecule has 0 N–H and O–H groups in total. The van der Waals surface area contributed by atoms with Crippen molar-refractivity contribution in [3.63, 3.8) is 0 Å². The minimum absolute atomic E-state index is 0.225. The van der Waals surface area contributed by atoms with E-state index in [1.807, 2.05) is 0 Å². The molecular weight excluding hydrogens is 196 g/mol. The van der Waals surface area contributed by atoms with Gasteiger partial charge < -0.3 is 4.42 Å². The molecule has 0 atom stereocenters. The number of carbonyl (C=O) groups excluding carboxylic acids is 1. The first-order valence-electron chi connectivity index (χ1n) is 3.60. The molecule has 0 aliphatic rings. The maximum Gasteiger partial charge on any atom is 0.287 e. The lowest BCUT2D eigenvalue weighted by Gasteiger charge is -1.92. The van der Waals surface area contributed by atoms with E-state index in [2.05, 4.69) is 6.92 Å². The highest BCUT2D eigenvalue weighted by atomic mass is 35.5. The van der Waals surface area contributed by atoms with Crippen LogP contribution in [0.5, 0.6) is 0 Å². The first kappa shape index (κ1) is 9.68. The standard InChI is InChI=1S/C8H9ClO2S/c1-2-12-5-6-3-4-7(11-6)8(9)10/h3-4H,2,5H2,1H3. The molecule has 0 spiro atoms. The molecule has 66 valence electrons. The van der Waals surface area contributed by atoms with E-state index in [-0.39, 0.29) is 5.76 Å². The Labute approximate surface area is 80.3 Å². The van der Waals surface area contributed by atoms with Gasteiger partial charge in [0.1, 0.15) is 5.76 Å². The topological polar surface area (TPSA) is 30.2 Å². The number of hydrogen-bond donors (Lipinski definition) is 0. The van der Waals surface area contributed by atoms with E-state index in [0.717, 1.165) is 17.3 Å². The van der Waals surface area contributed by atoms with Gasteiger partial charge in [-0.3, -0.25) is 4.79 Å². The van der Waals surface area contributed by atoms with Gasteiger partial charge in [0, 0.05) is 0 Å². The van der Waals surface area contributed by atoms with Crippen LogP contribution in [0.1, 0.15) is 23.2 Å². The quantitative estimate of drug-likeness (QED) is 0.707. The van der Waals surface area contributed by atoms with Crippen molar-refractivity contribution >= 4 is 28.6 Å². The summed E-state index contributed by atoms with van der Waals surface area (Å²) in [6.45, 7) is 2.07. The molecule has 0 unspecified atom stereocenters. The van der Waals surface area contributed by atoms with Gasteiger partial charge in [0.25, 0.3) is 5.24 Å². The molecule has 0 fully saturated rings. The van der Waals surface area contributed by atoms with Crippen molar-refractivity contribution in [3.05, 3.63) is 23.7 Å². The molecule has 12 heavy (non-hydrogen) atoms. The Morgan fingerprint density at radius 2 is 2.42 bits per heavy atom. The fourth-order valence-electron chi connectivity index (χ4n) is 0.764. The highest BCUT2D eigenvalue weighted by molar-refractivity contribution is 7.98. The molecule has 0 saturated carbocycles. The monoisotopic (exact) mass is 204 g/mol. The van der Waals surface area contributed by atoms with Gasteiger partial charge in [0.05, 0.1) is 5.75 Å². The van der Waals surface area contributed by atoms with E-state index in [9.17, 15) is 4.79 Å². The molecule has 0 bridgehead atoms.